The zero-order valence-electron chi connectivity index (χ0n) is 19.2. The Morgan fingerprint density at radius 2 is 1.85 bits per heavy atom. The summed E-state index contributed by atoms with van der Waals surface area (Å²) in [4.78, 5) is 41.9. The Balaban J connectivity index is 1.49. The Morgan fingerprint density at radius 1 is 1.09 bits per heavy atom. The van der Waals surface area contributed by atoms with Crippen molar-refractivity contribution in [3.05, 3.63) is 46.0 Å². The van der Waals surface area contributed by atoms with E-state index in [1.54, 1.807) is 13.2 Å². The smallest absolute Gasteiger partial charge is 0.261 e. The monoisotopic (exact) mass is 467 g/mol. The van der Waals surface area contributed by atoms with Gasteiger partial charge in [-0.15, -0.1) is 0 Å². The van der Waals surface area contributed by atoms with E-state index < -0.39 is 11.8 Å². The first-order valence-electron chi connectivity index (χ1n) is 10.9. The maximum absolute atomic E-state index is 13.3. The molecule has 0 aliphatic carbocycles. The van der Waals surface area contributed by atoms with Crippen molar-refractivity contribution in [1.29, 1.82) is 0 Å². The van der Waals surface area contributed by atoms with E-state index in [0.29, 0.717) is 35.9 Å². The molecule has 34 heavy (non-hydrogen) atoms. The molecule has 0 saturated heterocycles. The van der Waals surface area contributed by atoms with Crippen molar-refractivity contribution in [3.63, 3.8) is 0 Å². The number of fused-ring (bicyclic) bond motifs is 3. The minimum atomic E-state index is -0.436. The largest absolute Gasteiger partial charge is 0.492 e. The van der Waals surface area contributed by atoms with Crippen LogP contribution in [0.2, 0.25) is 0 Å². The average Bonchev–Trinajstić information content (AvgIpc) is 3.41. The summed E-state index contributed by atoms with van der Waals surface area (Å²) in [6.07, 6.45) is 0.695. The molecule has 2 aromatic carbocycles. The van der Waals surface area contributed by atoms with Gasteiger partial charge < -0.3 is 29.2 Å². The van der Waals surface area contributed by atoms with Crippen LogP contribution in [-0.2, 0) is 17.7 Å². The van der Waals surface area contributed by atoms with Crippen molar-refractivity contribution in [2.24, 2.45) is 0 Å². The number of anilines is 1. The van der Waals surface area contributed by atoms with Gasteiger partial charge in [0.2, 0.25) is 12.5 Å². The highest BCUT2D eigenvalue weighted by Gasteiger charge is 2.37. The summed E-state index contributed by atoms with van der Waals surface area (Å²) in [6, 6.07) is 4.51. The molecule has 0 unspecified atom stereocenters. The van der Waals surface area contributed by atoms with Gasteiger partial charge in [-0.3, -0.25) is 19.3 Å². The molecule has 10 nitrogen and oxygen atoms in total. The lowest BCUT2D eigenvalue weighted by molar-refractivity contribution is 0.0603. The number of carbonyl (C=O) groups excluding carboxylic acids is 3. The van der Waals surface area contributed by atoms with Crippen LogP contribution in [0, 0.1) is 0 Å². The Hall–Kier alpha value is -3.63. The van der Waals surface area contributed by atoms with E-state index in [1.807, 2.05) is 7.05 Å². The fraction of sp³-hybridized carbons (Fsp3) is 0.375. The van der Waals surface area contributed by atoms with Gasteiger partial charge in [-0.25, -0.2) is 0 Å². The second kappa shape index (κ2) is 8.62. The first-order valence-corrected chi connectivity index (χ1v) is 10.9. The van der Waals surface area contributed by atoms with E-state index >= 15 is 0 Å². The molecular weight excluding hydrogens is 442 g/mol. The number of likely N-dealkylation sites (N-methyl/N-ethyl adjacent to an activating group) is 1. The van der Waals surface area contributed by atoms with Crippen molar-refractivity contribution in [2.75, 3.05) is 53.1 Å². The fourth-order valence-corrected chi connectivity index (χ4v) is 4.64. The van der Waals surface area contributed by atoms with Crippen LogP contribution in [0.3, 0.4) is 0 Å². The normalized spacial score (nSPS) is 16.5. The van der Waals surface area contributed by atoms with Crippen LogP contribution in [0.25, 0.3) is 0 Å². The highest BCUT2D eigenvalue weighted by molar-refractivity contribution is 6.22. The summed E-state index contributed by atoms with van der Waals surface area (Å²) >= 11 is 0. The van der Waals surface area contributed by atoms with Gasteiger partial charge in [0.05, 0.1) is 37.1 Å². The summed E-state index contributed by atoms with van der Waals surface area (Å²) < 4.78 is 22.0. The van der Waals surface area contributed by atoms with Gasteiger partial charge >= 0.3 is 0 Å². The zero-order chi connectivity index (χ0) is 24.0. The van der Waals surface area contributed by atoms with Crippen molar-refractivity contribution in [3.8, 4) is 17.2 Å². The number of rotatable bonds is 6. The molecule has 2 aromatic rings. The van der Waals surface area contributed by atoms with Gasteiger partial charge in [0, 0.05) is 31.3 Å². The van der Waals surface area contributed by atoms with E-state index in [4.69, 9.17) is 18.9 Å². The molecular formula is C24H25N3O7. The fourth-order valence-electron chi connectivity index (χ4n) is 4.64. The number of hydrogen-bond donors (Lipinski definition) is 1. The van der Waals surface area contributed by atoms with Crippen LogP contribution < -0.4 is 19.5 Å². The SMILES string of the molecule is COCCN1C(=O)c2ccc(C(=O)Nc3c4c(c(OC)c5c3OCO5)CN(C)CC4)cc2C1=O. The molecule has 3 amide bonds. The molecule has 3 aliphatic heterocycles. The van der Waals surface area contributed by atoms with Gasteiger partial charge in [0.1, 0.15) is 0 Å². The number of benzene rings is 2. The molecule has 0 saturated carbocycles. The number of amides is 3. The lowest BCUT2D eigenvalue weighted by atomic mass is 9.95. The Bertz CT molecular complexity index is 1210. The average molecular weight is 467 g/mol. The molecule has 0 spiro atoms. The number of imide groups is 1. The molecule has 0 atom stereocenters. The summed E-state index contributed by atoms with van der Waals surface area (Å²) in [5.74, 6) is 0.282. The third-order valence-electron chi connectivity index (χ3n) is 6.35. The third kappa shape index (κ3) is 3.46. The second-order valence-corrected chi connectivity index (χ2v) is 8.39. The Kier molecular flexibility index (Phi) is 5.62. The van der Waals surface area contributed by atoms with Crippen molar-refractivity contribution >= 4 is 23.4 Å². The van der Waals surface area contributed by atoms with Gasteiger partial charge in [-0.05, 0) is 37.2 Å². The van der Waals surface area contributed by atoms with Crippen LogP contribution in [-0.4, -0.2) is 75.3 Å². The Labute approximate surface area is 196 Å². The first-order chi connectivity index (χ1) is 16.4. The molecule has 178 valence electrons. The molecule has 0 radical (unpaired) electrons. The Morgan fingerprint density at radius 3 is 2.62 bits per heavy atom. The lowest BCUT2D eigenvalue weighted by Gasteiger charge is -2.29. The summed E-state index contributed by atoms with van der Waals surface area (Å²) in [7, 11) is 5.11. The van der Waals surface area contributed by atoms with E-state index in [-0.39, 0.29) is 42.5 Å². The summed E-state index contributed by atoms with van der Waals surface area (Å²) in [5, 5.41) is 2.97. The van der Waals surface area contributed by atoms with Crippen LogP contribution in [0.4, 0.5) is 5.69 Å². The molecule has 0 fully saturated rings. The number of carbonyl (C=O) groups is 3. The highest BCUT2D eigenvalue weighted by atomic mass is 16.7. The van der Waals surface area contributed by atoms with E-state index in [0.717, 1.165) is 22.6 Å². The van der Waals surface area contributed by atoms with E-state index in [1.165, 1.54) is 19.2 Å². The third-order valence-corrected chi connectivity index (χ3v) is 6.35. The van der Waals surface area contributed by atoms with Gasteiger partial charge in [0.15, 0.2) is 11.5 Å². The van der Waals surface area contributed by atoms with Crippen LogP contribution in [0.1, 0.15) is 42.2 Å². The standard InChI is InChI=1S/C24H25N3O7/c1-26-7-6-14-17(11-26)19(32-3)21-20(33-12-34-21)18(14)25-22(28)13-4-5-15-16(10-13)24(30)27(23(15)29)8-9-31-2/h4-5,10H,6-9,11-12H2,1-3H3,(H,25,28). The van der Waals surface area contributed by atoms with Crippen molar-refractivity contribution < 1.29 is 33.3 Å². The number of nitrogens with one attached hydrogen (secondary N) is 1. The van der Waals surface area contributed by atoms with Gasteiger partial charge in [-0.2, -0.15) is 0 Å². The topological polar surface area (TPSA) is 107 Å². The molecule has 0 bridgehead atoms. The minimum absolute atomic E-state index is 0.0278. The van der Waals surface area contributed by atoms with E-state index in [9.17, 15) is 14.4 Å². The van der Waals surface area contributed by atoms with Gasteiger partial charge in [-0.1, -0.05) is 0 Å². The van der Waals surface area contributed by atoms with Gasteiger partial charge in [0.25, 0.3) is 17.7 Å². The predicted molar refractivity (Wildman–Crippen MR) is 121 cm³/mol. The quantitative estimate of drug-likeness (QED) is 0.643. The maximum Gasteiger partial charge on any atom is 0.261 e. The number of nitrogens with zero attached hydrogens (tertiary/aromatic N) is 2. The molecule has 3 heterocycles. The first kappa shape index (κ1) is 22.2. The number of hydrogen-bond acceptors (Lipinski definition) is 8. The number of ether oxygens (including phenoxy) is 4. The maximum atomic E-state index is 13.3. The lowest BCUT2D eigenvalue weighted by Crippen LogP contribution is -2.32. The predicted octanol–water partition coefficient (Wildman–Crippen LogP) is 1.91. The minimum Gasteiger partial charge on any atom is -0.492 e. The molecule has 5 rings (SSSR count). The molecule has 3 aliphatic rings. The van der Waals surface area contributed by atoms with Crippen LogP contribution in [0.5, 0.6) is 17.2 Å². The summed E-state index contributed by atoms with van der Waals surface area (Å²) in [6.45, 7) is 1.88. The van der Waals surface area contributed by atoms with Crippen molar-refractivity contribution in [1.82, 2.24) is 9.80 Å². The zero-order valence-corrected chi connectivity index (χ0v) is 19.2. The second-order valence-electron chi connectivity index (χ2n) is 8.39. The van der Waals surface area contributed by atoms with Crippen LogP contribution in [0.15, 0.2) is 18.2 Å². The highest BCUT2D eigenvalue weighted by Crippen LogP contribution is 2.52. The molecule has 1 N–H and O–H groups in total. The summed E-state index contributed by atoms with van der Waals surface area (Å²) in [5.41, 5.74) is 3.17. The van der Waals surface area contributed by atoms with Crippen LogP contribution >= 0.6 is 0 Å². The number of methoxy groups -OCH3 is 2. The molecule has 10 heteroatoms. The van der Waals surface area contributed by atoms with Crippen molar-refractivity contribution in [2.45, 2.75) is 13.0 Å². The molecule has 0 aromatic heterocycles. The van der Waals surface area contributed by atoms with E-state index in [2.05, 4.69) is 10.2 Å².